The molecule has 0 aliphatic carbocycles. The van der Waals surface area contributed by atoms with Gasteiger partial charge in [-0.2, -0.15) is 4.36 Å². The molecule has 94 valence electrons. The molecule has 1 atom stereocenters. The molecule has 0 aliphatic heterocycles. The lowest BCUT2D eigenvalue weighted by atomic mass is 10.4. The Bertz CT molecular complexity index is 680. The van der Waals surface area contributed by atoms with Gasteiger partial charge in [0.2, 0.25) is 0 Å². The molecule has 0 bridgehead atoms. The molecule has 0 N–H and O–H groups in total. The first-order chi connectivity index (χ1) is 8.49. The van der Waals surface area contributed by atoms with Crippen LogP contribution in [-0.4, -0.2) is 16.4 Å². The largest absolute Gasteiger partial charge is 0.295 e. The highest BCUT2D eigenvalue weighted by Gasteiger charge is 2.12. The molecule has 0 radical (unpaired) electrons. The molecule has 0 aliphatic rings. The number of thiophene rings is 1. The minimum atomic E-state index is -2.67. The number of aryl methyl sites for hydroxylation is 1. The van der Waals surface area contributed by atoms with E-state index in [1.807, 2.05) is 19.1 Å². The van der Waals surface area contributed by atoms with E-state index in [0.717, 1.165) is 4.88 Å². The topological polar surface area (TPSA) is 46.5 Å². The average molecular weight is 279 g/mol. The molecule has 2 rings (SSSR count). The lowest BCUT2D eigenvalue weighted by Crippen LogP contribution is -2.02. The maximum Gasteiger partial charge on any atom is 0.295 e. The van der Waals surface area contributed by atoms with Crippen molar-refractivity contribution in [3.05, 3.63) is 52.2 Å². The maximum atomic E-state index is 12.4. The fourth-order valence-electron chi connectivity index (χ4n) is 1.48. The quantitative estimate of drug-likeness (QED) is 0.846. The zero-order valence-electron chi connectivity index (χ0n) is 10.1. The summed E-state index contributed by atoms with van der Waals surface area (Å²) in [5.74, 6) is -0.413. The Hall–Kier alpha value is -1.46. The van der Waals surface area contributed by atoms with E-state index in [0.29, 0.717) is 9.77 Å². The second-order valence-electron chi connectivity index (χ2n) is 3.92. The van der Waals surface area contributed by atoms with Crippen LogP contribution in [0.25, 0.3) is 0 Å². The second-order valence-corrected chi connectivity index (χ2v) is 7.47. The summed E-state index contributed by atoms with van der Waals surface area (Å²) in [6.07, 6.45) is 1.49. The van der Waals surface area contributed by atoms with Crippen LogP contribution in [-0.2, 0) is 9.73 Å². The van der Waals surface area contributed by atoms with Crippen molar-refractivity contribution in [2.75, 3.05) is 6.26 Å². The number of benzene rings is 1. The number of hydrogen-bond donors (Lipinski definition) is 0. The summed E-state index contributed by atoms with van der Waals surface area (Å²) in [6.45, 7) is 1.92. The van der Waals surface area contributed by atoms with Gasteiger partial charge in [0.15, 0.2) is 0 Å². The van der Waals surface area contributed by atoms with Crippen molar-refractivity contribution in [2.45, 2.75) is 11.8 Å². The molecule has 0 fully saturated rings. The van der Waals surface area contributed by atoms with Crippen molar-refractivity contribution < 1.29 is 9.00 Å². The lowest BCUT2D eigenvalue weighted by Gasteiger charge is -2.02. The molecule has 18 heavy (non-hydrogen) atoms. The standard InChI is InChI=1S/C13H13NO2S2/c1-10-8-9-12(17-10)13(15)14-18(2,16)11-6-4-3-5-7-11/h3-9H,1-2H3. The number of nitrogens with zero attached hydrogens (tertiary/aromatic N) is 1. The van der Waals surface area contributed by atoms with Crippen LogP contribution in [0.15, 0.2) is 51.7 Å². The van der Waals surface area contributed by atoms with Crippen molar-refractivity contribution in [2.24, 2.45) is 4.36 Å². The second kappa shape index (κ2) is 5.04. The molecule has 1 aromatic carbocycles. The molecule has 1 unspecified atom stereocenters. The number of carbonyl (C=O) groups excluding carboxylic acids is 1. The van der Waals surface area contributed by atoms with Crippen LogP contribution in [0.5, 0.6) is 0 Å². The van der Waals surface area contributed by atoms with E-state index >= 15 is 0 Å². The van der Waals surface area contributed by atoms with Crippen molar-refractivity contribution in [3.8, 4) is 0 Å². The summed E-state index contributed by atoms with van der Waals surface area (Å²) >= 11 is 1.36. The van der Waals surface area contributed by atoms with E-state index in [1.165, 1.54) is 17.6 Å². The predicted molar refractivity (Wildman–Crippen MR) is 74.6 cm³/mol. The monoisotopic (exact) mass is 279 g/mol. The molecular weight excluding hydrogens is 266 g/mol. The molecule has 1 amide bonds. The van der Waals surface area contributed by atoms with Crippen molar-refractivity contribution in [1.82, 2.24) is 0 Å². The van der Waals surface area contributed by atoms with Crippen LogP contribution >= 0.6 is 11.3 Å². The summed E-state index contributed by atoms with van der Waals surface area (Å²) in [4.78, 5) is 14.1. The van der Waals surface area contributed by atoms with Gasteiger partial charge >= 0.3 is 0 Å². The zero-order valence-corrected chi connectivity index (χ0v) is 11.8. The SMILES string of the molecule is Cc1ccc(C(=O)N=S(C)(=O)c2ccccc2)s1. The molecule has 1 heterocycles. The van der Waals surface area contributed by atoms with Crippen LogP contribution in [0.4, 0.5) is 0 Å². The first-order valence-corrected chi connectivity index (χ1v) is 8.11. The van der Waals surface area contributed by atoms with Crippen LogP contribution < -0.4 is 0 Å². The van der Waals surface area contributed by atoms with Crippen LogP contribution in [0, 0.1) is 6.92 Å². The molecular formula is C13H13NO2S2. The van der Waals surface area contributed by atoms with Crippen LogP contribution in [0.2, 0.25) is 0 Å². The molecule has 0 saturated heterocycles. The highest BCUT2D eigenvalue weighted by atomic mass is 32.2. The minimum Gasteiger partial charge on any atom is -0.265 e. The number of rotatable bonds is 2. The lowest BCUT2D eigenvalue weighted by molar-refractivity contribution is 0.101. The number of hydrogen-bond acceptors (Lipinski definition) is 3. The Labute approximate surface area is 111 Å². The number of carbonyl (C=O) groups is 1. The van der Waals surface area contributed by atoms with E-state index in [4.69, 9.17) is 0 Å². The Kier molecular flexibility index (Phi) is 3.63. The maximum absolute atomic E-state index is 12.4. The first-order valence-electron chi connectivity index (χ1n) is 5.37. The molecule has 0 spiro atoms. The van der Waals surface area contributed by atoms with E-state index in [-0.39, 0.29) is 0 Å². The van der Waals surface area contributed by atoms with Crippen LogP contribution in [0.3, 0.4) is 0 Å². The third-order valence-electron chi connectivity index (χ3n) is 2.39. The summed E-state index contributed by atoms with van der Waals surface area (Å²) in [7, 11) is -2.67. The van der Waals surface area contributed by atoms with Gasteiger partial charge in [-0.15, -0.1) is 11.3 Å². The van der Waals surface area contributed by atoms with Gasteiger partial charge in [-0.05, 0) is 31.2 Å². The van der Waals surface area contributed by atoms with Gasteiger partial charge in [0.25, 0.3) is 5.91 Å². The fraction of sp³-hybridized carbons (Fsp3) is 0.154. The third-order valence-corrected chi connectivity index (χ3v) is 5.04. The fourth-order valence-corrected chi connectivity index (χ4v) is 3.47. The summed E-state index contributed by atoms with van der Waals surface area (Å²) < 4.78 is 16.3. The van der Waals surface area contributed by atoms with Crippen LogP contribution in [0.1, 0.15) is 14.5 Å². The smallest absolute Gasteiger partial charge is 0.265 e. The minimum absolute atomic E-state index is 0.413. The first kappa shape index (κ1) is 13.0. The highest BCUT2D eigenvalue weighted by Crippen LogP contribution is 2.18. The Morgan fingerprint density at radius 2 is 1.83 bits per heavy atom. The van der Waals surface area contributed by atoms with Crippen molar-refractivity contribution in [1.29, 1.82) is 0 Å². The molecule has 1 aromatic heterocycles. The summed E-state index contributed by atoms with van der Waals surface area (Å²) in [6, 6.07) is 12.4. The molecule has 5 heteroatoms. The summed E-state index contributed by atoms with van der Waals surface area (Å²) in [5, 5.41) is 0. The van der Waals surface area contributed by atoms with E-state index in [9.17, 15) is 9.00 Å². The zero-order chi connectivity index (χ0) is 13.2. The van der Waals surface area contributed by atoms with Gasteiger partial charge in [0, 0.05) is 16.0 Å². The number of amides is 1. The van der Waals surface area contributed by atoms with E-state index < -0.39 is 15.6 Å². The van der Waals surface area contributed by atoms with Gasteiger partial charge in [0.1, 0.15) is 0 Å². The average Bonchev–Trinajstić information content (AvgIpc) is 2.77. The van der Waals surface area contributed by atoms with Crippen molar-refractivity contribution >= 4 is 27.0 Å². The van der Waals surface area contributed by atoms with Gasteiger partial charge in [-0.25, -0.2) is 4.21 Å². The third kappa shape index (κ3) is 2.86. The van der Waals surface area contributed by atoms with Gasteiger partial charge < -0.3 is 0 Å². The molecule has 0 saturated carbocycles. The molecule has 2 aromatic rings. The van der Waals surface area contributed by atoms with Gasteiger partial charge in [-0.3, -0.25) is 4.79 Å². The van der Waals surface area contributed by atoms with E-state index in [2.05, 4.69) is 4.36 Å². The Morgan fingerprint density at radius 3 is 2.39 bits per heavy atom. The van der Waals surface area contributed by atoms with Gasteiger partial charge in [-0.1, -0.05) is 18.2 Å². The van der Waals surface area contributed by atoms with Crippen molar-refractivity contribution in [3.63, 3.8) is 0 Å². The summed E-state index contributed by atoms with van der Waals surface area (Å²) in [5.41, 5.74) is 0. The Morgan fingerprint density at radius 1 is 1.17 bits per heavy atom. The Balaban J connectivity index is 2.39. The van der Waals surface area contributed by atoms with Gasteiger partial charge in [0.05, 0.1) is 14.6 Å². The normalized spacial score (nSPS) is 13.9. The highest BCUT2D eigenvalue weighted by molar-refractivity contribution is 7.93. The molecule has 3 nitrogen and oxygen atoms in total. The van der Waals surface area contributed by atoms with E-state index in [1.54, 1.807) is 30.3 Å². The predicted octanol–water partition coefficient (Wildman–Crippen LogP) is 3.35.